The van der Waals surface area contributed by atoms with Crippen molar-refractivity contribution in [3.05, 3.63) is 65.4 Å². The van der Waals surface area contributed by atoms with Gasteiger partial charge in [0.25, 0.3) is 0 Å². The second kappa shape index (κ2) is 9.43. The van der Waals surface area contributed by atoms with Gasteiger partial charge < -0.3 is 19.1 Å². The van der Waals surface area contributed by atoms with Crippen LogP contribution in [-0.2, 0) is 22.3 Å². The smallest absolute Gasteiger partial charge is 0.119 e. The summed E-state index contributed by atoms with van der Waals surface area (Å²) in [6.07, 6.45) is 1.96. The van der Waals surface area contributed by atoms with Crippen LogP contribution in [0, 0.1) is 6.92 Å². The molecule has 0 radical (unpaired) electrons. The van der Waals surface area contributed by atoms with Gasteiger partial charge in [0.2, 0.25) is 0 Å². The molecule has 3 aromatic rings. The predicted octanol–water partition coefficient (Wildman–Crippen LogP) is 4.36. The van der Waals surface area contributed by atoms with Gasteiger partial charge in [-0.3, -0.25) is 4.98 Å². The number of methoxy groups -OCH3 is 1. The summed E-state index contributed by atoms with van der Waals surface area (Å²) in [4.78, 5) is 7.41. The fourth-order valence-corrected chi connectivity index (χ4v) is 4.84. The molecule has 2 aliphatic heterocycles. The van der Waals surface area contributed by atoms with E-state index in [0.29, 0.717) is 19.8 Å². The van der Waals surface area contributed by atoms with Crippen LogP contribution in [0.4, 0.5) is 5.69 Å². The van der Waals surface area contributed by atoms with E-state index in [9.17, 15) is 0 Å². The standard InChI is InChI=1S/C25H28N2O3.ClH/c1-17-20-10-11-27(25(20)21-15-19(28-2)8-9-22(21)26-17)23(24-16-29-12-13-30-24)14-18-6-4-3-5-7-18;/h3-9,15,23-24H,10-14,16H2,1-2H3;1H. The molecule has 0 N–H and O–H groups in total. The third kappa shape index (κ3) is 4.22. The Morgan fingerprint density at radius 1 is 1.16 bits per heavy atom. The zero-order valence-corrected chi connectivity index (χ0v) is 18.9. The van der Waals surface area contributed by atoms with Gasteiger partial charge in [0.05, 0.1) is 44.2 Å². The number of fused-ring (bicyclic) bond motifs is 3. The maximum absolute atomic E-state index is 6.22. The number of hydrogen-bond donors (Lipinski definition) is 0. The Labute approximate surface area is 189 Å². The third-order valence-corrected chi connectivity index (χ3v) is 6.32. The molecule has 2 aliphatic rings. The third-order valence-electron chi connectivity index (χ3n) is 6.32. The molecule has 0 spiro atoms. The first kappa shape index (κ1) is 21.9. The lowest BCUT2D eigenvalue weighted by Crippen LogP contribution is -2.50. The van der Waals surface area contributed by atoms with Crippen LogP contribution >= 0.6 is 12.4 Å². The zero-order valence-electron chi connectivity index (χ0n) is 18.0. The van der Waals surface area contributed by atoms with Gasteiger partial charge in [-0.05, 0) is 49.1 Å². The molecule has 6 heteroatoms. The highest BCUT2D eigenvalue weighted by Crippen LogP contribution is 2.40. The molecule has 5 rings (SSSR count). The van der Waals surface area contributed by atoms with Crippen LogP contribution in [0.2, 0.25) is 0 Å². The van der Waals surface area contributed by atoms with E-state index in [1.54, 1.807) is 7.11 Å². The van der Waals surface area contributed by atoms with Crippen molar-refractivity contribution in [3.63, 3.8) is 0 Å². The normalized spacial score (nSPS) is 19.0. The minimum atomic E-state index is 0. The molecule has 164 valence electrons. The summed E-state index contributed by atoms with van der Waals surface area (Å²) in [5, 5.41) is 1.15. The molecular weight excluding hydrogens is 412 g/mol. The van der Waals surface area contributed by atoms with Gasteiger partial charge in [0.15, 0.2) is 0 Å². The highest BCUT2D eigenvalue weighted by molar-refractivity contribution is 5.96. The topological polar surface area (TPSA) is 43.8 Å². The van der Waals surface area contributed by atoms with Crippen molar-refractivity contribution in [1.29, 1.82) is 0 Å². The van der Waals surface area contributed by atoms with E-state index in [-0.39, 0.29) is 24.6 Å². The monoisotopic (exact) mass is 440 g/mol. The molecule has 2 unspecified atom stereocenters. The van der Waals surface area contributed by atoms with Gasteiger partial charge in [-0.1, -0.05) is 30.3 Å². The minimum Gasteiger partial charge on any atom is -0.497 e. The van der Waals surface area contributed by atoms with Crippen molar-refractivity contribution in [2.45, 2.75) is 31.9 Å². The molecule has 1 aromatic heterocycles. The summed E-state index contributed by atoms with van der Waals surface area (Å²) < 4.78 is 17.6. The van der Waals surface area contributed by atoms with E-state index in [2.05, 4.69) is 54.3 Å². The molecule has 0 bridgehead atoms. The molecule has 0 saturated carbocycles. The Bertz CT molecular complexity index is 1040. The Morgan fingerprint density at radius 3 is 2.74 bits per heavy atom. The van der Waals surface area contributed by atoms with Gasteiger partial charge in [0.1, 0.15) is 11.9 Å². The number of halogens is 1. The molecule has 0 amide bonds. The number of pyridine rings is 1. The first-order chi connectivity index (χ1) is 14.7. The molecule has 1 fully saturated rings. The Kier molecular flexibility index (Phi) is 6.65. The van der Waals surface area contributed by atoms with Crippen molar-refractivity contribution in [2.75, 3.05) is 38.4 Å². The van der Waals surface area contributed by atoms with Crippen molar-refractivity contribution in [2.24, 2.45) is 0 Å². The molecule has 0 aliphatic carbocycles. The number of aryl methyl sites for hydroxylation is 1. The zero-order chi connectivity index (χ0) is 20.5. The van der Waals surface area contributed by atoms with Crippen LogP contribution in [0.25, 0.3) is 10.9 Å². The molecule has 2 atom stereocenters. The lowest BCUT2D eigenvalue weighted by molar-refractivity contribution is -0.0974. The highest BCUT2D eigenvalue weighted by atomic mass is 35.5. The van der Waals surface area contributed by atoms with Crippen molar-refractivity contribution < 1.29 is 14.2 Å². The maximum atomic E-state index is 6.22. The highest BCUT2D eigenvalue weighted by Gasteiger charge is 2.36. The maximum Gasteiger partial charge on any atom is 0.119 e. The van der Waals surface area contributed by atoms with E-state index >= 15 is 0 Å². The van der Waals surface area contributed by atoms with Crippen LogP contribution in [0.15, 0.2) is 48.5 Å². The van der Waals surface area contributed by atoms with Gasteiger partial charge in [-0.25, -0.2) is 0 Å². The van der Waals surface area contributed by atoms with Gasteiger partial charge in [-0.15, -0.1) is 12.4 Å². The van der Waals surface area contributed by atoms with Gasteiger partial charge >= 0.3 is 0 Å². The van der Waals surface area contributed by atoms with E-state index < -0.39 is 0 Å². The minimum absolute atomic E-state index is 0. The number of hydrogen-bond acceptors (Lipinski definition) is 5. The Morgan fingerprint density at radius 2 is 2.00 bits per heavy atom. The first-order valence-corrected chi connectivity index (χ1v) is 10.7. The van der Waals surface area contributed by atoms with E-state index in [1.165, 1.54) is 16.8 Å². The molecular formula is C25H29ClN2O3. The van der Waals surface area contributed by atoms with Crippen LogP contribution in [0.5, 0.6) is 5.75 Å². The summed E-state index contributed by atoms with van der Waals surface area (Å²) in [6.45, 7) is 5.05. The molecule has 5 nitrogen and oxygen atoms in total. The predicted molar refractivity (Wildman–Crippen MR) is 126 cm³/mol. The van der Waals surface area contributed by atoms with Crippen LogP contribution in [0.3, 0.4) is 0 Å². The lowest BCUT2D eigenvalue weighted by Gasteiger charge is -2.38. The second-order valence-corrected chi connectivity index (χ2v) is 8.09. The summed E-state index contributed by atoms with van der Waals surface area (Å²) in [5.74, 6) is 0.860. The summed E-state index contributed by atoms with van der Waals surface area (Å²) in [5.41, 5.74) is 6.07. The summed E-state index contributed by atoms with van der Waals surface area (Å²) in [6, 6.07) is 17.1. The summed E-state index contributed by atoms with van der Waals surface area (Å²) in [7, 11) is 1.71. The van der Waals surface area contributed by atoms with Crippen LogP contribution < -0.4 is 9.64 Å². The Balaban J connectivity index is 0.00000231. The Hall–Kier alpha value is -2.34. The van der Waals surface area contributed by atoms with E-state index in [1.807, 2.05) is 6.07 Å². The molecule has 3 heterocycles. The van der Waals surface area contributed by atoms with Crippen molar-refractivity contribution in [3.8, 4) is 5.75 Å². The average Bonchev–Trinajstić information content (AvgIpc) is 3.24. The molecule has 1 saturated heterocycles. The van der Waals surface area contributed by atoms with Crippen molar-refractivity contribution >= 4 is 29.0 Å². The summed E-state index contributed by atoms with van der Waals surface area (Å²) >= 11 is 0. The number of nitrogens with zero attached hydrogens (tertiary/aromatic N) is 2. The van der Waals surface area contributed by atoms with E-state index in [0.717, 1.165) is 41.7 Å². The fourth-order valence-electron chi connectivity index (χ4n) is 4.84. The SMILES string of the molecule is COc1ccc2nc(C)c3c(c2c1)N(C(Cc1ccccc1)C1COCCO1)CC3.Cl. The van der Waals surface area contributed by atoms with Crippen molar-refractivity contribution in [1.82, 2.24) is 4.98 Å². The van der Waals surface area contributed by atoms with Crippen LogP contribution in [-0.4, -0.2) is 50.6 Å². The largest absolute Gasteiger partial charge is 0.497 e. The van der Waals surface area contributed by atoms with Gasteiger partial charge in [-0.2, -0.15) is 0 Å². The number of rotatable bonds is 5. The van der Waals surface area contributed by atoms with Gasteiger partial charge in [0, 0.05) is 17.6 Å². The van der Waals surface area contributed by atoms with E-state index in [4.69, 9.17) is 19.2 Å². The average molecular weight is 441 g/mol. The number of benzene rings is 2. The van der Waals surface area contributed by atoms with Crippen LogP contribution in [0.1, 0.15) is 16.8 Å². The lowest BCUT2D eigenvalue weighted by atomic mass is 9.98. The quantitative estimate of drug-likeness (QED) is 0.589. The number of ether oxygens (including phenoxy) is 3. The number of aromatic nitrogens is 1. The fraction of sp³-hybridized carbons (Fsp3) is 0.400. The molecule has 31 heavy (non-hydrogen) atoms. The first-order valence-electron chi connectivity index (χ1n) is 10.7. The molecule has 2 aromatic carbocycles. The number of anilines is 1. The second-order valence-electron chi connectivity index (χ2n) is 8.09.